The molecule has 18 heavy (non-hydrogen) atoms. The maximum absolute atomic E-state index is 11.2. The quantitative estimate of drug-likeness (QED) is 0.719. The molecule has 4 heteroatoms. The van der Waals surface area contributed by atoms with Crippen molar-refractivity contribution >= 4 is 17.3 Å². The van der Waals surface area contributed by atoms with Crippen LogP contribution in [0.25, 0.3) is 0 Å². The molecule has 0 amide bonds. The number of rotatable bonds is 3. The highest BCUT2D eigenvalue weighted by Crippen LogP contribution is 2.30. The average molecular weight is 248 g/mol. The number of aromatic carboxylic acids is 1. The molecule has 4 nitrogen and oxygen atoms in total. The smallest absolute Gasteiger partial charge is 0.337 e. The first kappa shape index (κ1) is 12.7. The normalized spacial score (nSPS) is 23.6. The van der Waals surface area contributed by atoms with Crippen LogP contribution in [0.15, 0.2) is 18.2 Å². The van der Waals surface area contributed by atoms with Crippen molar-refractivity contribution in [3.05, 3.63) is 23.8 Å². The summed E-state index contributed by atoms with van der Waals surface area (Å²) >= 11 is 0. The van der Waals surface area contributed by atoms with E-state index in [2.05, 4.69) is 12.2 Å². The lowest BCUT2D eigenvalue weighted by Gasteiger charge is -2.28. The molecule has 0 unspecified atom stereocenters. The third kappa shape index (κ3) is 2.75. The number of carboxylic acids is 1. The SMILES string of the molecule is CC1CCC(Nc2c(N)cccc2C(=O)O)CC1. The predicted molar refractivity (Wildman–Crippen MR) is 72.9 cm³/mol. The number of hydrogen-bond donors (Lipinski definition) is 3. The fourth-order valence-corrected chi connectivity index (χ4v) is 2.52. The van der Waals surface area contributed by atoms with E-state index in [0.29, 0.717) is 17.4 Å². The van der Waals surface area contributed by atoms with Gasteiger partial charge in [0.1, 0.15) is 0 Å². The molecule has 0 spiro atoms. The molecule has 0 aromatic heterocycles. The number of nitrogen functional groups attached to an aromatic ring is 1. The van der Waals surface area contributed by atoms with E-state index in [9.17, 15) is 4.79 Å². The largest absolute Gasteiger partial charge is 0.478 e. The second-order valence-corrected chi connectivity index (χ2v) is 5.18. The number of nitrogens with two attached hydrogens (primary N) is 1. The van der Waals surface area contributed by atoms with E-state index < -0.39 is 5.97 Å². The Morgan fingerprint density at radius 3 is 2.61 bits per heavy atom. The molecule has 1 aromatic carbocycles. The molecule has 98 valence electrons. The Hall–Kier alpha value is -1.71. The van der Waals surface area contributed by atoms with Crippen molar-refractivity contribution < 1.29 is 9.90 Å². The number of benzene rings is 1. The van der Waals surface area contributed by atoms with Crippen molar-refractivity contribution in [3.8, 4) is 0 Å². The summed E-state index contributed by atoms with van der Waals surface area (Å²) in [5.41, 5.74) is 7.22. The van der Waals surface area contributed by atoms with Gasteiger partial charge >= 0.3 is 5.97 Å². The minimum atomic E-state index is -0.936. The van der Waals surface area contributed by atoms with E-state index in [4.69, 9.17) is 10.8 Å². The third-order valence-electron chi connectivity index (χ3n) is 3.69. The first-order valence-electron chi connectivity index (χ1n) is 6.46. The molecule has 4 N–H and O–H groups in total. The summed E-state index contributed by atoms with van der Waals surface area (Å²) in [6, 6.07) is 5.34. The van der Waals surface area contributed by atoms with E-state index in [1.54, 1.807) is 18.2 Å². The Balaban J connectivity index is 2.15. The number of carboxylic acid groups (broad SMARTS) is 1. The molecule has 1 saturated carbocycles. The number of nitrogens with one attached hydrogen (secondary N) is 1. The molecule has 1 aromatic rings. The molecule has 0 radical (unpaired) electrons. The highest BCUT2D eigenvalue weighted by atomic mass is 16.4. The van der Waals surface area contributed by atoms with Crippen LogP contribution in [0.3, 0.4) is 0 Å². The molecule has 1 fully saturated rings. The zero-order valence-corrected chi connectivity index (χ0v) is 10.6. The van der Waals surface area contributed by atoms with Crippen molar-refractivity contribution in [2.24, 2.45) is 5.92 Å². The number of para-hydroxylation sites is 1. The van der Waals surface area contributed by atoms with Crippen molar-refractivity contribution in [2.75, 3.05) is 11.1 Å². The fourth-order valence-electron chi connectivity index (χ4n) is 2.52. The van der Waals surface area contributed by atoms with E-state index in [-0.39, 0.29) is 5.56 Å². The minimum Gasteiger partial charge on any atom is -0.478 e. The van der Waals surface area contributed by atoms with Gasteiger partial charge in [-0.2, -0.15) is 0 Å². The third-order valence-corrected chi connectivity index (χ3v) is 3.69. The maximum atomic E-state index is 11.2. The lowest BCUT2D eigenvalue weighted by atomic mass is 9.87. The number of anilines is 2. The van der Waals surface area contributed by atoms with Gasteiger partial charge in [0.15, 0.2) is 0 Å². The van der Waals surface area contributed by atoms with E-state index in [1.165, 1.54) is 12.8 Å². The van der Waals surface area contributed by atoms with Gasteiger partial charge in [0, 0.05) is 6.04 Å². The van der Waals surface area contributed by atoms with Crippen LogP contribution in [0.1, 0.15) is 43.0 Å². The summed E-state index contributed by atoms with van der Waals surface area (Å²) in [7, 11) is 0. The molecular weight excluding hydrogens is 228 g/mol. The Morgan fingerprint density at radius 2 is 2.00 bits per heavy atom. The van der Waals surface area contributed by atoms with Gasteiger partial charge in [-0.3, -0.25) is 0 Å². The van der Waals surface area contributed by atoms with Crippen LogP contribution in [0.4, 0.5) is 11.4 Å². The van der Waals surface area contributed by atoms with Crippen LogP contribution in [0.5, 0.6) is 0 Å². The van der Waals surface area contributed by atoms with E-state index in [0.717, 1.165) is 18.8 Å². The minimum absolute atomic E-state index is 0.258. The van der Waals surface area contributed by atoms with Crippen LogP contribution < -0.4 is 11.1 Å². The molecule has 0 saturated heterocycles. The van der Waals surface area contributed by atoms with Crippen LogP contribution in [0, 0.1) is 5.92 Å². The molecule has 2 rings (SSSR count). The average Bonchev–Trinajstić information content (AvgIpc) is 2.34. The van der Waals surface area contributed by atoms with Crippen molar-refractivity contribution in [1.82, 2.24) is 0 Å². The van der Waals surface area contributed by atoms with Gasteiger partial charge in [0.25, 0.3) is 0 Å². The van der Waals surface area contributed by atoms with Gasteiger partial charge in [-0.05, 0) is 43.7 Å². The molecule has 1 aliphatic carbocycles. The van der Waals surface area contributed by atoms with Crippen LogP contribution >= 0.6 is 0 Å². The van der Waals surface area contributed by atoms with Crippen molar-refractivity contribution in [3.63, 3.8) is 0 Å². The number of hydrogen-bond acceptors (Lipinski definition) is 3. The molecule has 1 aliphatic rings. The van der Waals surface area contributed by atoms with Gasteiger partial charge in [-0.25, -0.2) is 4.79 Å². The first-order chi connectivity index (χ1) is 8.58. The molecule has 0 aliphatic heterocycles. The van der Waals surface area contributed by atoms with Crippen LogP contribution in [0.2, 0.25) is 0 Å². The molecule has 0 atom stereocenters. The standard InChI is InChI=1S/C14H20N2O2/c1-9-5-7-10(8-6-9)16-13-11(14(17)18)3-2-4-12(13)15/h2-4,9-10,16H,5-8,15H2,1H3,(H,17,18). The monoisotopic (exact) mass is 248 g/mol. The predicted octanol–water partition coefficient (Wildman–Crippen LogP) is 2.96. The lowest BCUT2D eigenvalue weighted by Crippen LogP contribution is -2.26. The molecule has 0 heterocycles. The Kier molecular flexibility index (Phi) is 3.75. The summed E-state index contributed by atoms with van der Waals surface area (Å²) in [4.78, 5) is 11.2. The van der Waals surface area contributed by atoms with E-state index >= 15 is 0 Å². The van der Waals surface area contributed by atoms with Gasteiger partial charge in [-0.15, -0.1) is 0 Å². The highest BCUT2D eigenvalue weighted by molar-refractivity contribution is 5.97. The van der Waals surface area contributed by atoms with Crippen LogP contribution in [-0.2, 0) is 0 Å². The summed E-state index contributed by atoms with van der Waals surface area (Å²) in [5, 5.41) is 12.5. The first-order valence-corrected chi connectivity index (χ1v) is 6.46. The van der Waals surface area contributed by atoms with Crippen molar-refractivity contribution in [2.45, 2.75) is 38.6 Å². The Morgan fingerprint density at radius 1 is 1.33 bits per heavy atom. The maximum Gasteiger partial charge on any atom is 0.337 e. The second-order valence-electron chi connectivity index (χ2n) is 5.18. The zero-order chi connectivity index (χ0) is 13.1. The van der Waals surface area contributed by atoms with Gasteiger partial charge < -0.3 is 16.2 Å². The summed E-state index contributed by atoms with van der Waals surface area (Å²) in [5.74, 6) is -0.163. The van der Waals surface area contributed by atoms with Crippen LogP contribution in [-0.4, -0.2) is 17.1 Å². The van der Waals surface area contributed by atoms with Crippen molar-refractivity contribution in [1.29, 1.82) is 0 Å². The van der Waals surface area contributed by atoms with Gasteiger partial charge in [0.05, 0.1) is 16.9 Å². The Bertz CT molecular complexity index is 437. The summed E-state index contributed by atoms with van der Waals surface area (Å²) < 4.78 is 0. The summed E-state index contributed by atoms with van der Waals surface area (Å²) in [6.07, 6.45) is 4.53. The lowest BCUT2D eigenvalue weighted by molar-refractivity contribution is 0.0698. The Labute approximate surface area is 107 Å². The van der Waals surface area contributed by atoms with E-state index in [1.807, 2.05) is 0 Å². The van der Waals surface area contributed by atoms with Gasteiger partial charge in [-0.1, -0.05) is 13.0 Å². The highest BCUT2D eigenvalue weighted by Gasteiger charge is 2.21. The molecular formula is C14H20N2O2. The number of carbonyl (C=O) groups is 1. The van der Waals surface area contributed by atoms with Gasteiger partial charge in [0.2, 0.25) is 0 Å². The fraction of sp³-hybridized carbons (Fsp3) is 0.500. The summed E-state index contributed by atoms with van der Waals surface area (Å²) in [6.45, 7) is 2.26. The zero-order valence-electron chi connectivity index (χ0n) is 10.6. The second kappa shape index (κ2) is 5.29. The topological polar surface area (TPSA) is 75.3 Å². The molecule has 0 bridgehead atoms.